The molecule has 2 aromatic heterocycles. The van der Waals surface area contributed by atoms with Crippen molar-refractivity contribution in [1.29, 1.82) is 0 Å². The van der Waals surface area contributed by atoms with Crippen molar-refractivity contribution in [3.8, 4) is 22.6 Å². The van der Waals surface area contributed by atoms with Crippen LogP contribution in [0, 0.1) is 5.92 Å². The van der Waals surface area contributed by atoms with Crippen molar-refractivity contribution in [1.82, 2.24) is 19.8 Å². The van der Waals surface area contributed by atoms with Gasteiger partial charge in [-0.15, -0.1) is 10.2 Å². The van der Waals surface area contributed by atoms with Gasteiger partial charge in [0, 0.05) is 13.5 Å². The van der Waals surface area contributed by atoms with Gasteiger partial charge in [-0.1, -0.05) is 48.6 Å². The lowest BCUT2D eigenvalue weighted by Crippen LogP contribution is -2.24. The number of carbonyl (C=O) groups excluding carboxylic acids is 1. The molecule has 0 radical (unpaired) electrons. The number of ether oxygens (including phenoxy) is 3. The monoisotopic (exact) mass is 470 g/mol. The summed E-state index contributed by atoms with van der Waals surface area (Å²) in [7, 11) is 4.82. The van der Waals surface area contributed by atoms with Crippen LogP contribution >= 0.6 is 0 Å². The summed E-state index contributed by atoms with van der Waals surface area (Å²) in [5.41, 5.74) is 5.16. The summed E-state index contributed by atoms with van der Waals surface area (Å²) in [6.45, 7) is 0.285. The van der Waals surface area contributed by atoms with Gasteiger partial charge < -0.3 is 14.2 Å². The Balaban J connectivity index is 1.60. The molecular formula is C27H26N4O4. The molecular weight excluding hydrogens is 444 g/mol. The van der Waals surface area contributed by atoms with Crippen LogP contribution in [0.4, 0.5) is 0 Å². The number of aromatic nitrogens is 4. The first-order valence-corrected chi connectivity index (χ1v) is 11.4. The number of allylic oxidation sites excluding steroid dienone is 1. The molecule has 178 valence electrons. The van der Waals surface area contributed by atoms with Crippen LogP contribution in [0.2, 0.25) is 0 Å². The highest BCUT2D eigenvalue weighted by Crippen LogP contribution is 2.36. The number of benzene rings is 2. The number of fused-ring (bicyclic) bond motifs is 3. The average Bonchev–Trinajstić information content (AvgIpc) is 3.26. The van der Waals surface area contributed by atoms with Gasteiger partial charge in [-0.25, -0.2) is 4.52 Å². The molecule has 0 fully saturated rings. The lowest BCUT2D eigenvalue weighted by molar-refractivity contribution is 0.0950. The van der Waals surface area contributed by atoms with Gasteiger partial charge >= 0.3 is 0 Å². The molecule has 8 nitrogen and oxygen atoms in total. The van der Waals surface area contributed by atoms with Crippen LogP contribution < -0.4 is 9.47 Å². The van der Waals surface area contributed by atoms with Crippen molar-refractivity contribution >= 4 is 17.5 Å². The highest BCUT2D eigenvalue weighted by Gasteiger charge is 2.30. The molecule has 4 aromatic rings. The van der Waals surface area contributed by atoms with E-state index in [1.807, 2.05) is 48.5 Å². The van der Waals surface area contributed by atoms with Crippen LogP contribution in [0.3, 0.4) is 0 Å². The molecule has 1 atom stereocenters. The number of hydrogen-bond donors (Lipinski definition) is 0. The molecule has 0 N–H and O–H groups in total. The molecule has 2 aromatic carbocycles. The lowest BCUT2D eigenvalue weighted by Gasteiger charge is -2.20. The van der Waals surface area contributed by atoms with Gasteiger partial charge in [-0.3, -0.25) is 4.79 Å². The normalized spacial score (nSPS) is 15.5. The lowest BCUT2D eigenvalue weighted by atomic mass is 9.88. The summed E-state index contributed by atoms with van der Waals surface area (Å²) in [4.78, 5) is 13.0. The van der Waals surface area contributed by atoms with Gasteiger partial charge in [0.2, 0.25) is 0 Å². The molecule has 1 aliphatic carbocycles. The predicted molar refractivity (Wildman–Crippen MR) is 132 cm³/mol. The Morgan fingerprint density at radius 2 is 1.80 bits per heavy atom. The van der Waals surface area contributed by atoms with Crippen molar-refractivity contribution in [3.05, 3.63) is 77.3 Å². The SMILES string of the molecule is COCc1nn2c3c(nnc2c1-c1ccc(OC)c(OC)c1)C(=O)C[C@@H](/C=C/c1ccccc1)C3. The molecule has 8 heteroatoms. The molecule has 5 rings (SSSR count). The Hall–Kier alpha value is -4.04. The van der Waals surface area contributed by atoms with Gasteiger partial charge in [0.15, 0.2) is 28.6 Å². The van der Waals surface area contributed by atoms with Crippen molar-refractivity contribution in [2.75, 3.05) is 21.3 Å². The van der Waals surface area contributed by atoms with Gasteiger partial charge in [0.05, 0.1) is 37.8 Å². The number of nitrogens with zero attached hydrogens (tertiary/aromatic N) is 4. The smallest absolute Gasteiger partial charge is 0.185 e. The van der Waals surface area contributed by atoms with E-state index in [0.717, 1.165) is 22.4 Å². The summed E-state index contributed by atoms with van der Waals surface area (Å²) in [5, 5.41) is 13.6. The van der Waals surface area contributed by atoms with Crippen LogP contribution in [0.1, 0.15) is 33.9 Å². The average molecular weight is 471 g/mol. The minimum Gasteiger partial charge on any atom is -0.493 e. The van der Waals surface area contributed by atoms with Crippen LogP contribution in [0.25, 0.3) is 22.9 Å². The molecule has 0 bridgehead atoms. The van der Waals surface area contributed by atoms with Crippen LogP contribution in [0.5, 0.6) is 11.5 Å². The fourth-order valence-electron chi connectivity index (χ4n) is 4.52. The van der Waals surface area contributed by atoms with E-state index in [9.17, 15) is 4.79 Å². The maximum Gasteiger partial charge on any atom is 0.185 e. The largest absolute Gasteiger partial charge is 0.493 e. The van der Waals surface area contributed by atoms with E-state index in [1.165, 1.54) is 0 Å². The van der Waals surface area contributed by atoms with E-state index >= 15 is 0 Å². The predicted octanol–water partition coefficient (Wildman–Crippen LogP) is 4.41. The first kappa shape index (κ1) is 22.7. The Morgan fingerprint density at radius 1 is 1.00 bits per heavy atom. The van der Waals surface area contributed by atoms with E-state index in [4.69, 9.17) is 19.3 Å². The molecule has 1 aliphatic rings. The number of ketones is 1. The summed E-state index contributed by atoms with van der Waals surface area (Å²) in [6.07, 6.45) is 5.18. The molecule has 2 heterocycles. The molecule has 0 aliphatic heterocycles. The van der Waals surface area contributed by atoms with Gasteiger partial charge in [-0.05, 0) is 35.6 Å². The molecule has 0 saturated heterocycles. The maximum atomic E-state index is 13.0. The zero-order valence-electron chi connectivity index (χ0n) is 19.9. The van der Waals surface area contributed by atoms with Crippen molar-refractivity contribution in [2.24, 2.45) is 5.92 Å². The Labute approximate surface area is 203 Å². The Bertz CT molecular complexity index is 1410. The van der Waals surface area contributed by atoms with E-state index in [1.54, 1.807) is 25.8 Å². The highest BCUT2D eigenvalue weighted by molar-refractivity contribution is 5.97. The van der Waals surface area contributed by atoms with Crippen molar-refractivity contribution < 1.29 is 19.0 Å². The minimum atomic E-state index is -0.0279. The van der Waals surface area contributed by atoms with E-state index in [-0.39, 0.29) is 18.3 Å². The molecule has 0 amide bonds. The Kier molecular flexibility index (Phi) is 6.29. The van der Waals surface area contributed by atoms with Gasteiger partial charge in [0.1, 0.15) is 0 Å². The van der Waals surface area contributed by atoms with E-state index in [0.29, 0.717) is 41.4 Å². The summed E-state index contributed by atoms with van der Waals surface area (Å²) in [6, 6.07) is 15.7. The van der Waals surface area contributed by atoms with Crippen LogP contribution in [-0.4, -0.2) is 46.9 Å². The third-order valence-corrected chi connectivity index (χ3v) is 6.19. The second kappa shape index (κ2) is 9.68. The fraction of sp³-hybridized carbons (Fsp3) is 0.259. The second-order valence-corrected chi connectivity index (χ2v) is 8.42. The first-order valence-electron chi connectivity index (χ1n) is 11.4. The molecule has 0 saturated carbocycles. The van der Waals surface area contributed by atoms with Crippen LogP contribution in [0.15, 0.2) is 54.6 Å². The van der Waals surface area contributed by atoms with Crippen LogP contribution in [-0.2, 0) is 17.8 Å². The second-order valence-electron chi connectivity index (χ2n) is 8.42. The molecule has 0 spiro atoms. The summed E-state index contributed by atoms with van der Waals surface area (Å²) >= 11 is 0. The highest BCUT2D eigenvalue weighted by atomic mass is 16.5. The molecule has 35 heavy (non-hydrogen) atoms. The van der Waals surface area contributed by atoms with E-state index in [2.05, 4.69) is 22.3 Å². The summed E-state index contributed by atoms with van der Waals surface area (Å²) in [5.74, 6) is 1.24. The maximum absolute atomic E-state index is 13.0. The Morgan fingerprint density at radius 3 is 2.54 bits per heavy atom. The van der Waals surface area contributed by atoms with Gasteiger partial charge in [-0.2, -0.15) is 5.10 Å². The number of rotatable bonds is 7. The third-order valence-electron chi connectivity index (χ3n) is 6.19. The number of methoxy groups -OCH3 is 3. The van der Waals surface area contributed by atoms with E-state index < -0.39 is 0 Å². The number of Topliss-reactive ketones (excluding diaryl/α,β-unsaturated/α-hetero) is 1. The molecule has 0 unspecified atom stereocenters. The zero-order valence-corrected chi connectivity index (χ0v) is 19.9. The number of carbonyl (C=O) groups is 1. The first-order chi connectivity index (χ1) is 17.1. The fourth-order valence-corrected chi connectivity index (χ4v) is 4.52. The van der Waals surface area contributed by atoms with Gasteiger partial charge in [0.25, 0.3) is 0 Å². The summed E-state index contributed by atoms with van der Waals surface area (Å²) < 4.78 is 18.1. The van der Waals surface area contributed by atoms with Crippen molar-refractivity contribution in [3.63, 3.8) is 0 Å². The minimum absolute atomic E-state index is 0.0279. The van der Waals surface area contributed by atoms with Crippen molar-refractivity contribution in [2.45, 2.75) is 19.4 Å². The topological polar surface area (TPSA) is 87.8 Å². The zero-order chi connectivity index (χ0) is 24.4. The number of hydrogen-bond acceptors (Lipinski definition) is 7. The standard InChI is InChI=1S/C27H26N4O4/c1-33-16-20-25(19-11-12-23(34-2)24(15-19)35-3)27-29-28-26-21(31(27)30-20)13-18(14-22(26)32)10-9-17-7-5-4-6-8-17/h4-12,15,18H,13-14,16H2,1-3H3/b10-9+/t18-/m0/s1. The third kappa shape index (κ3) is 4.28. The quantitative estimate of drug-likeness (QED) is 0.395.